The number of thiophene rings is 1. The van der Waals surface area contributed by atoms with Gasteiger partial charge in [-0.25, -0.2) is 4.79 Å². The predicted octanol–water partition coefficient (Wildman–Crippen LogP) is 5.00. The van der Waals surface area contributed by atoms with Crippen molar-refractivity contribution in [3.05, 3.63) is 29.1 Å². The zero-order chi connectivity index (χ0) is 15.2. The number of hydrogen-bond acceptors (Lipinski definition) is 4. The Bertz CT molecular complexity index is 606. The summed E-state index contributed by atoms with van der Waals surface area (Å²) in [6.07, 6.45) is 5.71. The van der Waals surface area contributed by atoms with Crippen LogP contribution in [0.15, 0.2) is 24.3 Å². The fourth-order valence-corrected chi connectivity index (χ4v) is 3.25. The molecule has 3 nitrogen and oxygen atoms in total. The van der Waals surface area contributed by atoms with Gasteiger partial charge in [0.2, 0.25) is 0 Å². The minimum Gasteiger partial charge on any atom is -0.458 e. The van der Waals surface area contributed by atoms with Gasteiger partial charge in [-0.05, 0) is 49.4 Å². The molecule has 0 radical (unpaired) electrons. The first kappa shape index (κ1) is 15.8. The van der Waals surface area contributed by atoms with Gasteiger partial charge < -0.3 is 10.5 Å². The van der Waals surface area contributed by atoms with Gasteiger partial charge in [-0.1, -0.05) is 26.2 Å². The lowest BCUT2D eigenvalue weighted by atomic mass is 10.1. The highest BCUT2D eigenvalue weighted by Crippen LogP contribution is 2.28. The molecule has 2 rings (SSSR count). The second-order valence-electron chi connectivity index (χ2n) is 5.47. The number of unbranched alkanes of at least 4 members (excludes halogenated alkanes) is 3. The molecule has 2 N–H and O–H groups in total. The molecule has 2 aromatic rings. The van der Waals surface area contributed by atoms with Gasteiger partial charge in [-0.15, -0.1) is 11.3 Å². The molecule has 1 heterocycles. The number of esters is 1. The van der Waals surface area contributed by atoms with Gasteiger partial charge in [-0.3, -0.25) is 0 Å². The van der Waals surface area contributed by atoms with Crippen LogP contribution in [0.5, 0.6) is 0 Å². The summed E-state index contributed by atoms with van der Waals surface area (Å²) in [7, 11) is 0. The van der Waals surface area contributed by atoms with Crippen LogP contribution < -0.4 is 5.73 Å². The normalized spacial score (nSPS) is 12.5. The highest BCUT2D eigenvalue weighted by Gasteiger charge is 2.15. The Morgan fingerprint density at radius 2 is 2.10 bits per heavy atom. The number of hydrogen-bond donors (Lipinski definition) is 1. The van der Waals surface area contributed by atoms with E-state index in [2.05, 4.69) is 6.92 Å². The number of rotatable bonds is 7. The third kappa shape index (κ3) is 4.46. The molecule has 0 saturated heterocycles. The zero-order valence-corrected chi connectivity index (χ0v) is 13.5. The Labute approximate surface area is 130 Å². The topological polar surface area (TPSA) is 52.3 Å². The molecule has 0 aliphatic heterocycles. The van der Waals surface area contributed by atoms with E-state index >= 15 is 0 Å². The number of nitrogen functional groups attached to an aromatic ring is 1. The van der Waals surface area contributed by atoms with E-state index in [1.165, 1.54) is 30.6 Å². The second-order valence-corrected chi connectivity index (χ2v) is 6.56. The first-order valence-electron chi connectivity index (χ1n) is 7.60. The maximum absolute atomic E-state index is 12.2. The summed E-state index contributed by atoms with van der Waals surface area (Å²) in [6, 6.07) is 7.55. The maximum atomic E-state index is 12.2. The third-order valence-corrected chi connectivity index (χ3v) is 4.61. The number of fused-ring (bicyclic) bond motifs is 1. The number of benzene rings is 1. The molecule has 0 aliphatic carbocycles. The van der Waals surface area contributed by atoms with E-state index in [4.69, 9.17) is 10.5 Å². The summed E-state index contributed by atoms with van der Waals surface area (Å²) >= 11 is 1.46. The van der Waals surface area contributed by atoms with Crippen molar-refractivity contribution in [1.29, 1.82) is 0 Å². The van der Waals surface area contributed by atoms with Crippen LogP contribution in [-0.2, 0) is 4.74 Å². The van der Waals surface area contributed by atoms with Crippen LogP contribution in [0.25, 0.3) is 10.1 Å². The van der Waals surface area contributed by atoms with Gasteiger partial charge in [0.1, 0.15) is 4.88 Å². The Kier molecular flexibility index (Phi) is 5.62. The Balaban J connectivity index is 1.92. The molecule has 0 bridgehead atoms. The van der Waals surface area contributed by atoms with Crippen molar-refractivity contribution in [3.63, 3.8) is 0 Å². The molecule has 1 unspecified atom stereocenters. The Hall–Kier alpha value is -1.55. The van der Waals surface area contributed by atoms with E-state index in [1.807, 2.05) is 31.2 Å². The Morgan fingerprint density at radius 3 is 2.86 bits per heavy atom. The summed E-state index contributed by atoms with van der Waals surface area (Å²) in [5.41, 5.74) is 6.47. The first-order valence-corrected chi connectivity index (χ1v) is 8.42. The van der Waals surface area contributed by atoms with Crippen LogP contribution in [0.3, 0.4) is 0 Å². The average molecular weight is 305 g/mol. The van der Waals surface area contributed by atoms with Gasteiger partial charge in [-0.2, -0.15) is 0 Å². The summed E-state index contributed by atoms with van der Waals surface area (Å²) < 4.78 is 6.58. The van der Waals surface area contributed by atoms with Crippen molar-refractivity contribution in [2.45, 2.75) is 52.1 Å². The SMILES string of the molecule is CCCCCCC(C)OC(=O)c1cc2cc(N)ccc2s1. The molecule has 0 fully saturated rings. The van der Waals surface area contributed by atoms with Gasteiger partial charge in [0, 0.05) is 10.4 Å². The molecular weight excluding hydrogens is 282 g/mol. The van der Waals surface area contributed by atoms with Crippen molar-refractivity contribution in [1.82, 2.24) is 0 Å². The highest BCUT2D eigenvalue weighted by atomic mass is 32.1. The molecule has 0 saturated carbocycles. The van der Waals surface area contributed by atoms with Crippen molar-refractivity contribution < 1.29 is 9.53 Å². The molecule has 114 valence electrons. The molecule has 0 aliphatic rings. The molecule has 1 aromatic heterocycles. The average Bonchev–Trinajstić information content (AvgIpc) is 2.86. The minimum atomic E-state index is -0.224. The standard InChI is InChI=1S/C17H23NO2S/c1-3-4-5-6-7-12(2)20-17(19)16-11-13-10-14(18)8-9-15(13)21-16/h8-12H,3-7,18H2,1-2H3. The zero-order valence-electron chi connectivity index (χ0n) is 12.7. The number of carbonyl (C=O) groups excluding carboxylic acids is 1. The molecule has 0 amide bonds. The lowest BCUT2D eigenvalue weighted by molar-refractivity contribution is 0.0325. The first-order chi connectivity index (χ1) is 10.1. The van der Waals surface area contributed by atoms with Crippen LogP contribution in [0.2, 0.25) is 0 Å². The Morgan fingerprint density at radius 1 is 1.29 bits per heavy atom. The van der Waals surface area contributed by atoms with E-state index in [1.54, 1.807) is 0 Å². The van der Waals surface area contributed by atoms with Gasteiger partial charge in [0.15, 0.2) is 0 Å². The van der Waals surface area contributed by atoms with Gasteiger partial charge in [0.25, 0.3) is 0 Å². The summed E-state index contributed by atoms with van der Waals surface area (Å²) in [6.45, 7) is 4.16. The van der Waals surface area contributed by atoms with E-state index < -0.39 is 0 Å². The summed E-state index contributed by atoms with van der Waals surface area (Å²) in [4.78, 5) is 12.8. The van der Waals surface area contributed by atoms with Gasteiger partial charge >= 0.3 is 5.97 Å². The molecule has 1 atom stereocenters. The van der Waals surface area contributed by atoms with Crippen molar-refractivity contribution >= 4 is 33.1 Å². The maximum Gasteiger partial charge on any atom is 0.348 e. The smallest absolute Gasteiger partial charge is 0.348 e. The molecule has 21 heavy (non-hydrogen) atoms. The second kappa shape index (κ2) is 7.46. The van der Waals surface area contributed by atoms with E-state index in [-0.39, 0.29) is 12.1 Å². The number of carbonyl (C=O) groups is 1. The van der Waals surface area contributed by atoms with Gasteiger partial charge in [0.05, 0.1) is 6.10 Å². The predicted molar refractivity (Wildman–Crippen MR) is 89.9 cm³/mol. The van der Waals surface area contributed by atoms with Crippen molar-refractivity contribution in [2.24, 2.45) is 0 Å². The summed E-state index contributed by atoms with van der Waals surface area (Å²) in [5.74, 6) is -0.224. The van der Waals surface area contributed by atoms with E-state index in [9.17, 15) is 4.79 Å². The quantitative estimate of drug-likeness (QED) is 0.445. The van der Waals surface area contributed by atoms with Crippen LogP contribution in [0.4, 0.5) is 5.69 Å². The number of nitrogens with two attached hydrogens (primary N) is 1. The highest BCUT2D eigenvalue weighted by molar-refractivity contribution is 7.20. The van der Waals surface area contributed by atoms with Crippen LogP contribution >= 0.6 is 11.3 Å². The lowest BCUT2D eigenvalue weighted by Crippen LogP contribution is -2.14. The van der Waals surface area contributed by atoms with Crippen LogP contribution in [-0.4, -0.2) is 12.1 Å². The molecule has 1 aromatic carbocycles. The monoisotopic (exact) mass is 305 g/mol. The summed E-state index contributed by atoms with van der Waals surface area (Å²) in [5, 5.41) is 1.00. The fraction of sp³-hybridized carbons (Fsp3) is 0.471. The van der Waals surface area contributed by atoms with E-state index in [0.717, 1.165) is 22.9 Å². The molecule has 0 spiro atoms. The minimum absolute atomic E-state index is 0.0235. The lowest BCUT2D eigenvalue weighted by Gasteiger charge is -2.12. The fourth-order valence-electron chi connectivity index (χ4n) is 2.32. The third-order valence-electron chi connectivity index (χ3n) is 3.51. The largest absolute Gasteiger partial charge is 0.458 e. The van der Waals surface area contributed by atoms with Crippen molar-refractivity contribution in [3.8, 4) is 0 Å². The molecular formula is C17H23NO2S. The van der Waals surface area contributed by atoms with E-state index in [0.29, 0.717) is 10.6 Å². The molecule has 4 heteroatoms. The van der Waals surface area contributed by atoms with Crippen molar-refractivity contribution in [2.75, 3.05) is 5.73 Å². The van der Waals surface area contributed by atoms with Crippen LogP contribution in [0.1, 0.15) is 55.6 Å². The van der Waals surface area contributed by atoms with Crippen LogP contribution in [0, 0.1) is 0 Å². The number of ether oxygens (including phenoxy) is 1. The number of anilines is 1.